The zero-order chi connectivity index (χ0) is 11.0. The topological polar surface area (TPSA) is 74.8 Å². The predicted octanol–water partition coefficient (Wildman–Crippen LogP) is 0.745. The van der Waals surface area contributed by atoms with E-state index < -0.39 is 20.2 Å². The summed E-state index contributed by atoms with van der Waals surface area (Å²) in [7, 11) is -4.05. The van der Waals surface area contributed by atoms with E-state index in [2.05, 4.69) is 15.5 Å². The van der Waals surface area contributed by atoms with Crippen molar-refractivity contribution in [1.82, 2.24) is 10.2 Å². The maximum absolute atomic E-state index is 12.1. The van der Waals surface area contributed by atoms with Gasteiger partial charge in [0.1, 0.15) is 10.7 Å². The molecule has 0 unspecified atom stereocenters. The zero-order valence-corrected chi connectivity index (χ0v) is 7.70. The summed E-state index contributed by atoms with van der Waals surface area (Å²) in [6.45, 7) is 0. The number of H-pyrrole nitrogens is 1. The quantitative estimate of drug-likeness (QED) is 0.784. The Labute approximate surface area is 77.2 Å². The average Bonchev–Trinajstić information content (AvgIpc) is 2.49. The maximum Gasteiger partial charge on any atom is 0.502 e. The molecule has 0 saturated carbocycles. The number of alkyl halides is 3. The molecule has 5 nitrogen and oxygen atoms in total. The van der Waals surface area contributed by atoms with E-state index in [1.54, 1.807) is 0 Å². The van der Waals surface area contributed by atoms with Gasteiger partial charge in [0.05, 0.1) is 6.20 Å². The molecule has 1 aromatic rings. The Balaban J connectivity index is 3.31. The van der Waals surface area contributed by atoms with Crippen molar-refractivity contribution in [1.29, 1.82) is 0 Å². The van der Waals surface area contributed by atoms with E-state index in [1.807, 2.05) is 0 Å². The number of halogens is 3. The summed E-state index contributed by atoms with van der Waals surface area (Å²) in [4.78, 5) is -0.910. The van der Waals surface area contributed by atoms with Crippen molar-refractivity contribution in [3.8, 4) is 0 Å². The van der Waals surface area contributed by atoms with Gasteiger partial charge < -0.3 is 5.32 Å². The van der Waals surface area contributed by atoms with Crippen LogP contribution in [-0.2, 0) is 9.84 Å². The van der Waals surface area contributed by atoms with Crippen LogP contribution in [-0.4, -0.2) is 31.2 Å². The summed E-state index contributed by atoms with van der Waals surface area (Å²) in [6.07, 6.45) is 0.606. The molecule has 1 heterocycles. The number of aromatic amines is 1. The number of anilines is 1. The van der Waals surface area contributed by atoms with Gasteiger partial charge in [0.2, 0.25) is 0 Å². The molecule has 0 aliphatic heterocycles. The predicted molar refractivity (Wildman–Crippen MR) is 41.4 cm³/mol. The third kappa shape index (κ3) is 1.54. The van der Waals surface area contributed by atoms with Crippen molar-refractivity contribution in [2.24, 2.45) is 0 Å². The minimum absolute atomic E-state index is 0.290. The van der Waals surface area contributed by atoms with Crippen LogP contribution in [0.2, 0.25) is 0 Å². The average molecular weight is 229 g/mol. The lowest BCUT2D eigenvalue weighted by Crippen LogP contribution is -2.23. The minimum Gasteiger partial charge on any atom is -0.372 e. The van der Waals surface area contributed by atoms with Gasteiger partial charge in [-0.2, -0.15) is 18.3 Å². The van der Waals surface area contributed by atoms with Crippen LogP contribution < -0.4 is 5.32 Å². The summed E-state index contributed by atoms with van der Waals surface area (Å²) in [5.41, 5.74) is -5.32. The molecule has 0 aliphatic rings. The van der Waals surface area contributed by atoms with E-state index in [-0.39, 0.29) is 5.82 Å². The summed E-state index contributed by atoms with van der Waals surface area (Å²) < 4.78 is 57.9. The molecule has 80 valence electrons. The van der Waals surface area contributed by atoms with Gasteiger partial charge in [0, 0.05) is 7.05 Å². The maximum atomic E-state index is 12.1. The Morgan fingerprint density at radius 1 is 1.50 bits per heavy atom. The summed E-state index contributed by atoms with van der Waals surface area (Å²) >= 11 is 0. The Bertz CT molecular complexity index is 422. The molecule has 0 aromatic carbocycles. The van der Waals surface area contributed by atoms with E-state index in [0.29, 0.717) is 6.20 Å². The zero-order valence-electron chi connectivity index (χ0n) is 6.88. The minimum atomic E-state index is -5.33. The molecular weight excluding hydrogens is 223 g/mol. The van der Waals surface area contributed by atoms with Crippen LogP contribution in [0.3, 0.4) is 0 Å². The number of rotatable bonds is 2. The van der Waals surface area contributed by atoms with Gasteiger partial charge >= 0.3 is 5.51 Å². The number of hydrogen-bond acceptors (Lipinski definition) is 4. The highest BCUT2D eigenvalue weighted by molar-refractivity contribution is 7.92. The first kappa shape index (κ1) is 10.8. The Kier molecular flexibility index (Phi) is 2.44. The van der Waals surface area contributed by atoms with Gasteiger partial charge in [-0.05, 0) is 0 Å². The highest BCUT2D eigenvalue weighted by atomic mass is 32.2. The smallest absolute Gasteiger partial charge is 0.372 e. The second-order valence-corrected chi connectivity index (χ2v) is 4.22. The molecule has 1 aromatic heterocycles. The highest BCUT2D eigenvalue weighted by Crippen LogP contribution is 2.32. The third-order valence-electron chi connectivity index (χ3n) is 1.45. The lowest BCUT2D eigenvalue weighted by Gasteiger charge is -2.07. The number of nitrogens with one attached hydrogen (secondary N) is 2. The first-order valence-electron chi connectivity index (χ1n) is 3.33. The third-order valence-corrected chi connectivity index (χ3v) is 2.95. The van der Waals surface area contributed by atoms with Crippen LogP contribution in [0.4, 0.5) is 19.0 Å². The molecule has 14 heavy (non-hydrogen) atoms. The molecule has 1 rings (SSSR count). The molecule has 2 N–H and O–H groups in total. The first-order valence-corrected chi connectivity index (χ1v) is 4.81. The van der Waals surface area contributed by atoms with Crippen LogP contribution in [0.25, 0.3) is 0 Å². The van der Waals surface area contributed by atoms with Gasteiger partial charge in [-0.3, -0.25) is 5.10 Å². The lowest BCUT2D eigenvalue weighted by molar-refractivity contribution is -0.0435. The number of aromatic nitrogens is 2. The van der Waals surface area contributed by atoms with Crippen molar-refractivity contribution < 1.29 is 21.6 Å². The summed E-state index contributed by atoms with van der Waals surface area (Å²) in [5, 5.41) is 7.56. The Morgan fingerprint density at radius 3 is 2.50 bits per heavy atom. The second kappa shape index (κ2) is 3.15. The van der Waals surface area contributed by atoms with Gasteiger partial charge in [-0.25, -0.2) is 8.42 Å². The van der Waals surface area contributed by atoms with E-state index >= 15 is 0 Å². The van der Waals surface area contributed by atoms with Crippen LogP contribution >= 0.6 is 0 Å². The molecule has 9 heteroatoms. The monoisotopic (exact) mass is 229 g/mol. The highest BCUT2D eigenvalue weighted by Gasteiger charge is 2.48. The number of nitrogens with zero attached hydrogens (tertiary/aromatic N) is 1. The lowest BCUT2D eigenvalue weighted by atomic mass is 10.6. The van der Waals surface area contributed by atoms with E-state index in [4.69, 9.17) is 0 Å². The first-order chi connectivity index (χ1) is 6.30. The normalized spacial score (nSPS) is 12.9. The fraction of sp³-hybridized carbons (Fsp3) is 0.400. The Morgan fingerprint density at radius 2 is 2.07 bits per heavy atom. The number of hydrogen-bond donors (Lipinski definition) is 2. The molecular formula is C5H6F3N3O2S. The summed E-state index contributed by atoms with van der Waals surface area (Å²) in [5.74, 6) is -0.290. The van der Waals surface area contributed by atoms with Crippen molar-refractivity contribution in [2.45, 2.75) is 10.4 Å². The van der Waals surface area contributed by atoms with Crippen LogP contribution in [0.1, 0.15) is 0 Å². The van der Waals surface area contributed by atoms with E-state index in [0.717, 1.165) is 0 Å². The molecule has 0 amide bonds. The van der Waals surface area contributed by atoms with E-state index in [1.165, 1.54) is 7.05 Å². The van der Waals surface area contributed by atoms with Crippen LogP contribution in [0.5, 0.6) is 0 Å². The fourth-order valence-electron chi connectivity index (χ4n) is 0.783. The van der Waals surface area contributed by atoms with Crippen molar-refractivity contribution in [3.05, 3.63) is 6.20 Å². The number of sulfone groups is 1. The van der Waals surface area contributed by atoms with Gasteiger partial charge in [0.25, 0.3) is 9.84 Å². The van der Waals surface area contributed by atoms with Gasteiger partial charge in [0.15, 0.2) is 0 Å². The second-order valence-electron chi connectivity index (χ2n) is 2.31. The Hall–Kier alpha value is -1.25. The fourth-order valence-corrected chi connectivity index (χ4v) is 1.64. The van der Waals surface area contributed by atoms with Crippen LogP contribution in [0.15, 0.2) is 11.1 Å². The van der Waals surface area contributed by atoms with Crippen molar-refractivity contribution >= 4 is 15.7 Å². The molecule has 0 saturated heterocycles. The van der Waals surface area contributed by atoms with Gasteiger partial charge in [-0.15, -0.1) is 0 Å². The molecule has 0 aliphatic carbocycles. The molecule has 0 atom stereocenters. The van der Waals surface area contributed by atoms with Gasteiger partial charge in [-0.1, -0.05) is 0 Å². The van der Waals surface area contributed by atoms with E-state index in [9.17, 15) is 21.6 Å². The SMILES string of the molecule is CNc1[nH]ncc1S(=O)(=O)C(F)(F)F. The molecule has 0 bridgehead atoms. The standard InChI is InChI=1S/C5H6F3N3O2S/c1-9-4-3(2-10-11-4)14(12,13)5(6,7)8/h2H,1H3,(H2,9,10,11). The summed E-state index contributed by atoms with van der Waals surface area (Å²) in [6, 6.07) is 0. The van der Waals surface area contributed by atoms with Crippen molar-refractivity contribution in [3.63, 3.8) is 0 Å². The van der Waals surface area contributed by atoms with Crippen LogP contribution in [0, 0.1) is 0 Å². The molecule has 0 spiro atoms. The van der Waals surface area contributed by atoms with Crippen molar-refractivity contribution in [2.75, 3.05) is 12.4 Å². The molecule has 0 fully saturated rings. The largest absolute Gasteiger partial charge is 0.502 e. The molecule has 0 radical (unpaired) electrons.